The van der Waals surface area contributed by atoms with Crippen molar-refractivity contribution >= 4 is 12.4 Å². The van der Waals surface area contributed by atoms with Gasteiger partial charge in [0.1, 0.15) is 0 Å². The van der Waals surface area contributed by atoms with Gasteiger partial charge in [-0.25, -0.2) is 0 Å². The second kappa shape index (κ2) is 8.34. The van der Waals surface area contributed by atoms with Gasteiger partial charge in [-0.3, -0.25) is 0 Å². The summed E-state index contributed by atoms with van der Waals surface area (Å²) in [5.74, 6) is 1.03. The molecule has 0 radical (unpaired) electrons. The van der Waals surface area contributed by atoms with Crippen LogP contribution in [0.2, 0.25) is 0 Å². The lowest BCUT2D eigenvalue weighted by molar-refractivity contribution is 0.191. The highest BCUT2D eigenvalue weighted by molar-refractivity contribution is 5.85. The van der Waals surface area contributed by atoms with E-state index in [9.17, 15) is 0 Å². The van der Waals surface area contributed by atoms with Crippen molar-refractivity contribution in [1.29, 1.82) is 0 Å². The highest BCUT2D eigenvalue weighted by Crippen LogP contribution is 2.25. The molecule has 1 heterocycles. The van der Waals surface area contributed by atoms with Gasteiger partial charge < -0.3 is 10.2 Å². The van der Waals surface area contributed by atoms with Crippen LogP contribution in [0.1, 0.15) is 51.9 Å². The van der Waals surface area contributed by atoms with Crippen LogP contribution in [0.3, 0.4) is 0 Å². The van der Waals surface area contributed by atoms with Gasteiger partial charge in [0.25, 0.3) is 0 Å². The summed E-state index contributed by atoms with van der Waals surface area (Å²) in [6.45, 7) is 7.35. The van der Waals surface area contributed by atoms with Gasteiger partial charge >= 0.3 is 0 Å². The molecule has 1 N–H and O–H groups in total. The molecule has 3 heteroatoms. The topological polar surface area (TPSA) is 15.3 Å². The molecule has 0 aromatic rings. The molecule has 0 aromatic heterocycles. The van der Waals surface area contributed by atoms with E-state index in [-0.39, 0.29) is 12.4 Å². The molecule has 2 nitrogen and oxygen atoms in total. The minimum atomic E-state index is 0. The molecule has 102 valence electrons. The molecule has 0 bridgehead atoms. The van der Waals surface area contributed by atoms with Crippen LogP contribution in [0, 0.1) is 5.92 Å². The number of nitrogens with zero attached hydrogens (tertiary/aromatic N) is 1. The monoisotopic (exact) mass is 260 g/mol. The summed E-state index contributed by atoms with van der Waals surface area (Å²) in [6.07, 6.45) is 10.4. The minimum Gasteiger partial charge on any atom is -0.312 e. The molecule has 0 aromatic carbocycles. The van der Waals surface area contributed by atoms with E-state index < -0.39 is 0 Å². The lowest BCUT2D eigenvalue weighted by Crippen LogP contribution is -2.49. The molecule has 2 fully saturated rings. The number of nitrogens with one attached hydrogen (secondary N) is 1. The van der Waals surface area contributed by atoms with E-state index in [1.54, 1.807) is 0 Å². The first-order chi connectivity index (χ1) is 7.84. The number of hydrogen-bond acceptors (Lipinski definition) is 2. The molecule has 0 unspecified atom stereocenters. The smallest absolute Gasteiger partial charge is 0.0167 e. The Morgan fingerprint density at radius 1 is 1.12 bits per heavy atom. The Morgan fingerprint density at radius 3 is 2.47 bits per heavy atom. The van der Waals surface area contributed by atoms with Crippen molar-refractivity contribution in [3.05, 3.63) is 0 Å². The first-order valence-electron chi connectivity index (χ1n) is 7.30. The van der Waals surface area contributed by atoms with Crippen molar-refractivity contribution in [3.63, 3.8) is 0 Å². The fourth-order valence-electron chi connectivity index (χ4n) is 3.23. The number of hydrogen-bond donors (Lipinski definition) is 1. The maximum Gasteiger partial charge on any atom is 0.0167 e. The van der Waals surface area contributed by atoms with Crippen LogP contribution in [0.15, 0.2) is 0 Å². The van der Waals surface area contributed by atoms with Gasteiger partial charge in [0.2, 0.25) is 0 Å². The van der Waals surface area contributed by atoms with Gasteiger partial charge in [-0.05, 0) is 25.8 Å². The zero-order chi connectivity index (χ0) is 11.2. The van der Waals surface area contributed by atoms with Crippen molar-refractivity contribution in [3.8, 4) is 0 Å². The molecule has 1 aliphatic heterocycles. The Labute approximate surface area is 113 Å². The normalized spacial score (nSPS) is 28.4. The molecule has 0 spiro atoms. The molecule has 1 aliphatic carbocycles. The Kier molecular flexibility index (Phi) is 7.49. The Hall–Kier alpha value is 0.210. The summed E-state index contributed by atoms with van der Waals surface area (Å²) in [5, 5.41) is 3.52. The molecule has 2 aliphatic rings. The summed E-state index contributed by atoms with van der Waals surface area (Å²) < 4.78 is 0. The van der Waals surface area contributed by atoms with E-state index in [1.807, 2.05) is 0 Å². The minimum absolute atomic E-state index is 0. The number of rotatable bonds is 3. The number of piperazine rings is 1. The average molecular weight is 261 g/mol. The summed E-state index contributed by atoms with van der Waals surface area (Å²) in [7, 11) is 0. The molecule has 1 atom stereocenters. The zero-order valence-corrected chi connectivity index (χ0v) is 12.1. The van der Waals surface area contributed by atoms with Crippen LogP contribution in [0.5, 0.6) is 0 Å². The summed E-state index contributed by atoms with van der Waals surface area (Å²) in [5.41, 5.74) is 0. The molecule has 17 heavy (non-hydrogen) atoms. The van der Waals surface area contributed by atoms with Crippen LogP contribution in [0.25, 0.3) is 0 Å². The van der Waals surface area contributed by atoms with Gasteiger partial charge in [0, 0.05) is 25.7 Å². The zero-order valence-electron chi connectivity index (χ0n) is 11.3. The third-order valence-corrected chi connectivity index (χ3v) is 4.28. The van der Waals surface area contributed by atoms with Crippen LogP contribution in [0.4, 0.5) is 0 Å². The van der Waals surface area contributed by atoms with Crippen molar-refractivity contribution in [2.75, 3.05) is 26.2 Å². The highest BCUT2D eigenvalue weighted by Gasteiger charge is 2.17. The lowest BCUT2D eigenvalue weighted by atomic mass is 9.96. The van der Waals surface area contributed by atoms with Gasteiger partial charge in [-0.2, -0.15) is 0 Å². The van der Waals surface area contributed by atoms with Crippen molar-refractivity contribution < 1.29 is 0 Å². The van der Waals surface area contributed by atoms with Gasteiger partial charge in [0.15, 0.2) is 0 Å². The van der Waals surface area contributed by atoms with Crippen molar-refractivity contribution in [1.82, 2.24) is 10.2 Å². The second-order valence-electron chi connectivity index (χ2n) is 5.80. The third-order valence-electron chi connectivity index (χ3n) is 4.28. The van der Waals surface area contributed by atoms with Crippen LogP contribution in [-0.2, 0) is 0 Å². The molecular weight excluding hydrogens is 232 g/mol. The highest BCUT2D eigenvalue weighted by atomic mass is 35.5. The fraction of sp³-hybridized carbons (Fsp3) is 1.00. The van der Waals surface area contributed by atoms with Crippen LogP contribution >= 0.6 is 12.4 Å². The Bertz CT molecular complexity index is 189. The van der Waals surface area contributed by atoms with Crippen LogP contribution in [-0.4, -0.2) is 37.1 Å². The summed E-state index contributed by atoms with van der Waals surface area (Å²) >= 11 is 0. The predicted molar refractivity (Wildman–Crippen MR) is 77.0 cm³/mol. The molecule has 1 saturated carbocycles. The standard InChI is InChI=1S/C14H28N2.ClH/c1-13-12-16(11-9-15-13)10-8-14-6-4-2-3-5-7-14;/h13-15H,2-12H2,1H3;1H/t13-;/m0./s1. The van der Waals surface area contributed by atoms with Gasteiger partial charge in [0.05, 0.1) is 0 Å². The first-order valence-corrected chi connectivity index (χ1v) is 7.30. The van der Waals surface area contributed by atoms with E-state index in [0.717, 1.165) is 5.92 Å². The van der Waals surface area contributed by atoms with Crippen LogP contribution < -0.4 is 5.32 Å². The Balaban J connectivity index is 0.00000144. The largest absolute Gasteiger partial charge is 0.312 e. The quantitative estimate of drug-likeness (QED) is 0.785. The molecular formula is C14H29ClN2. The summed E-state index contributed by atoms with van der Waals surface area (Å²) in [4.78, 5) is 2.66. The fourth-order valence-corrected chi connectivity index (χ4v) is 3.23. The molecule has 1 saturated heterocycles. The molecule has 2 rings (SSSR count). The third kappa shape index (κ3) is 5.58. The van der Waals surface area contributed by atoms with Gasteiger partial charge in [-0.1, -0.05) is 38.5 Å². The first kappa shape index (κ1) is 15.3. The maximum atomic E-state index is 3.52. The van der Waals surface area contributed by atoms with E-state index in [0.29, 0.717) is 6.04 Å². The number of halogens is 1. The van der Waals surface area contributed by atoms with E-state index >= 15 is 0 Å². The van der Waals surface area contributed by atoms with Gasteiger partial charge in [-0.15, -0.1) is 12.4 Å². The van der Waals surface area contributed by atoms with Crippen molar-refractivity contribution in [2.45, 2.75) is 57.9 Å². The second-order valence-corrected chi connectivity index (χ2v) is 5.80. The van der Waals surface area contributed by atoms with Crippen molar-refractivity contribution in [2.24, 2.45) is 5.92 Å². The average Bonchev–Trinajstić information content (AvgIpc) is 2.55. The van der Waals surface area contributed by atoms with E-state index in [4.69, 9.17) is 0 Å². The lowest BCUT2D eigenvalue weighted by Gasteiger charge is -2.32. The summed E-state index contributed by atoms with van der Waals surface area (Å²) in [6, 6.07) is 0.697. The van der Waals surface area contributed by atoms with E-state index in [2.05, 4.69) is 17.1 Å². The SMILES string of the molecule is C[C@H]1CN(CCC2CCCCCC2)CCN1.Cl. The molecule has 0 amide bonds. The van der Waals surface area contributed by atoms with E-state index in [1.165, 1.54) is 71.1 Å². The predicted octanol–water partition coefficient (Wildman–Crippen LogP) is 3.06. The Morgan fingerprint density at radius 2 is 1.82 bits per heavy atom. The maximum absolute atomic E-state index is 3.52.